The summed E-state index contributed by atoms with van der Waals surface area (Å²) in [5.41, 5.74) is 2.24. The first-order chi connectivity index (χ1) is 10.3. The number of terminal acetylenes is 1. The largest absolute Gasteiger partial charge is 0.411 e. The number of hydrogen-bond acceptors (Lipinski definition) is 2. The lowest BCUT2D eigenvalue weighted by atomic mass is 9.55. The summed E-state index contributed by atoms with van der Waals surface area (Å²) in [6, 6.07) is 0. The van der Waals surface area contributed by atoms with Gasteiger partial charge in [0.25, 0.3) is 0 Å². The molecule has 3 saturated carbocycles. The van der Waals surface area contributed by atoms with Crippen molar-refractivity contribution < 1.29 is 5.21 Å². The van der Waals surface area contributed by atoms with E-state index in [1.54, 1.807) is 0 Å². The van der Waals surface area contributed by atoms with Gasteiger partial charge in [-0.05, 0) is 74.2 Å². The second kappa shape index (κ2) is 5.20. The van der Waals surface area contributed by atoms with Crippen molar-refractivity contribution in [3.05, 3.63) is 11.6 Å². The Morgan fingerprint density at radius 3 is 2.81 bits per heavy atom. The molecular weight excluding hydrogens is 258 g/mol. The molecule has 0 aromatic carbocycles. The van der Waals surface area contributed by atoms with Gasteiger partial charge in [-0.3, -0.25) is 0 Å². The highest BCUT2D eigenvalue weighted by molar-refractivity contribution is 5.99. The summed E-state index contributed by atoms with van der Waals surface area (Å²) in [6.07, 6.45) is 18.6. The molecule has 2 nitrogen and oxygen atoms in total. The Kier molecular flexibility index (Phi) is 3.32. The van der Waals surface area contributed by atoms with Gasteiger partial charge in [-0.15, -0.1) is 6.42 Å². The van der Waals surface area contributed by atoms with Crippen molar-refractivity contribution in [2.45, 2.75) is 51.4 Å². The molecule has 0 aromatic rings. The van der Waals surface area contributed by atoms with Crippen LogP contribution in [0.3, 0.4) is 0 Å². The second-order valence-electron chi connectivity index (χ2n) is 7.60. The van der Waals surface area contributed by atoms with Gasteiger partial charge in [0.15, 0.2) is 0 Å². The fraction of sp³-hybridized carbons (Fsp3) is 0.737. The molecule has 0 bridgehead atoms. The highest BCUT2D eigenvalue weighted by atomic mass is 16.4. The maximum Gasteiger partial charge on any atom is 0.0945 e. The van der Waals surface area contributed by atoms with Crippen LogP contribution in [0.5, 0.6) is 0 Å². The Labute approximate surface area is 127 Å². The molecule has 0 heterocycles. The van der Waals surface area contributed by atoms with E-state index in [9.17, 15) is 5.21 Å². The molecule has 21 heavy (non-hydrogen) atoms. The molecule has 112 valence electrons. The number of rotatable bonds is 0. The van der Waals surface area contributed by atoms with Gasteiger partial charge in [-0.1, -0.05) is 29.5 Å². The van der Waals surface area contributed by atoms with Crippen LogP contribution in [0.4, 0.5) is 0 Å². The lowest BCUT2D eigenvalue weighted by Gasteiger charge is -2.49. The number of oxime groups is 1. The molecule has 0 aromatic heterocycles. The molecule has 0 aliphatic heterocycles. The minimum atomic E-state index is 0.0174. The van der Waals surface area contributed by atoms with Crippen molar-refractivity contribution in [2.24, 2.45) is 40.7 Å². The Hall–Kier alpha value is -1.23. The van der Waals surface area contributed by atoms with Crippen molar-refractivity contribution >= 4 is 5.71 Å². The monoisotopic (exact) mass is 283 g/mol. The molecule has 4 rings (SSSR count). The van der Waals surface area contributed by atoms with Crippen molar-refractivity contribution in [3.8, 4) is 12.3 Å². The topological polar surface area (TPSA) is 32.6 Å². The fourth-order valence-electron chi connectivity index (χ4n) is 6.07. The predicted octanol–water partition coefficient (Wildman–Crippen LogP) is 4.25. The van der Waals surface area contributed by atoms with Gasteiger partial charge >= 0.3 is 0 Å². The number of allylic oxidation sites excluding steroid dienone is 2. The summed E-state index contributed by atoms with van der Waals surface area (Å²) in [6.45, 7) is 0. The maximum absolute atomic E-state index is 9.19. The Morgan fingerprint density at radius 2 is 2.00 bits per heavy atom. The molecule has 2 heteroatoms. The standard InChI is InChI=1S/C19H25NO/c1-2-12-10-18-14(11-19(12)20-21)7-9-16-15-5-3-4-13(15)6-8-17(16)18/h1,11-13,15-18,21H,3-10H2/t12?,13-,15+,16-,17-,18-/m0/s1. The van der Waals surface area contributed by atoms with E-state index in [-0.39, 0.29) is 5.92 Å². The molecule has 0 spiro atoms. The first-order valence-electron chi connectivity index (χ1n) is 8.70. The minimum absolute atomic E-state index is 0.0174. The van der Waals surface area contributed by atoms with Crippen molar-refractivity contribution in [2.75, 3.05) is 0 Å². The zero-order valence-corrected chi connectivity index (χ0v) is 12.7. The fourth-order valence-corrected chi connectivity index (χ4v) is 6.07. The van der Waals surface area contributed by atoms with Crippen LogP contribution in [-0.2, 0) is 0 Å². The first-order valence-corrected chi connectivity index (χ1v) is 8.70. The summed E-state index contributed by atoms with van der Waals surface area (Å²) in [4.78, 5) is 0. The Morgan fingerprint density at radius 1 is 1.10 bits per heavy atom. The number of fused-ring (bicyclic) bond motifs is 5. The van der Waals surface area contributed by atoms with Crippen LogP contribution < -0.4 is 0 Å². The summed E-state index contributed by atoms with van der Waals surface area (Å²) in [5.74, 6) is 7.35. The van der Waals surface area contributed by atoms with Gasteiger partial charge in [0.05, 0.1) is 11.6 Å². The van der Waals surface area contributed by atoms with E-state index in [0.717, 1.165) is 35.8 Å². The van der Waals surface area contributed by atoms with Crippen LogP contribution in [0.15, 0.2) is 16.8 Å². The third-order valence-corrected chi connectivity index (χ3v) is 6.94. The van der Waals surface area contributed by atoms with Crippen LogP contribution in [0.25, 0.3) is 0 Å². The zero-order chi connectivity index (χ0) is 14.4. The number of nitrogens with zero attached hydrogens (tertiary/aromatic N) is 1. The molecular formula is C19H25NO. The molecule has 4 aliphatic rings. The van der Waals surface area contributed by atoms with E-state index in [4.69, 9.17) is 6.42 Å². The van der Waals surface area contributed by atoms with Crippen LogP contribution in [0.2, 0.25) is 0 Å². The second-order valence-corrected chi connectivity index (χ2v) is 7.60. The Bertz CT molecular complexity index is 526. The van der Waals surface area contributed by atoms with E-state index >= 15 is 0 Å². The summed E-state index contributed by atoms with van der Waals surface area (Å²) >= 11 is 0. The van der Waals surface area contributed by atoms with Gasteiger partial charge in [0, 0.05) is 0 Å². The van der Waals surface area contributed by atoms with Crippen molar-refractivity contribution in [3.63, 3.8) is 0 Å². The average molecular weight is 283 g/mol. The lowest BCUT2D eigenvalue weighted by molar-refractivity contribution is 0.0495. The summed E-state index contributed by atoms with van der Waals surface area (Å²) in [7, 11) is 0. The molecule has 0 saturated heterocycles. The van der Waals surface area contributed by atoms with E-state index in [1.165, 1.54) is 50.5 Å². The van der Waals surface area contributed by atoms with E-state index in [0.29, 0.717) is 5.92 Å². The van der Waals surface area contributed by atoms with Gasteiger partial charge in [-0.25, -0.2) is 0 Å². The third-order valence-electron chi connectivity index (χ3n) is 6.94. The first kappa shape index (κ1) is 13.4. The highest BCUT2D eigenvalue weighted by Crippen LogP contribution is 2.57. The molecule has 0 amide bonds. The van der Waals surface area contributed by atoms with E-state index < -0.39 is 0 Å². The Balaban J connectivity index is 1.63. The van der Waals surface area contributed by atoms with Crippen LogP contribution in [0, 0.1) is 47.9 Å². The molecule has 1 unspecified atom stereocenters. The predicted molar refractivity (Wildman–Crippen MR) is 84.0 cm³/mol. The van der Waals surface area contributed by atoms with Crippen LogP contribution in [0.1, 0.15) is 51.4 Å². The lowest BCUT2D eigenvalue weighted by Crippen LogP contribution is -2.42. The van der Waals surface area contributed by atoms with Gasteiger partial charge in [0.1, 0.15) is 0 Å². The van der Waals surface area contributed by atoms with Gasteiger partial charge in [0.2, 0.25) is 0 Å². The minimum Gasteiger partial charge on any atom is -0.411 e. The summed E-state index contributed by atoms with van der Waals surface area (Å²) < 4.78 is 0. The maximum atomic E-state index is 9.19. The zero-order valence-electron chi connectivity index (χ0n) is 12.7. The smallest absolute Gasteiger partial charge is 0.0945 e. The van der Waals surface area contributed by atoms with Crippen molar-refractivity contribution in [1.29, 1.82) is 0 Å². The van der Waals surface area contributed by atoms with E-state index in [1.807, 2.05) is 0 Å². The van der Waals surface area contributed by atoms with Gasteiger partial charge < -0.3 is 5.21 Å². The molecule has 0 radical (unpaired) electrons. The molecule has 1 N–H and O–H groups in total. The van der Waals surface area contributed by atoms with Gasteiger partial charge in [-0.2, -0.15) is 0 Å². The average Bonchev–Trinajstić information content (AvgIpc) is 3.01. The highest BCUT2D eigenvalue weighted by Gasteiger charge is 2.48. The third kappa shape index (κ3) is 2.05. The normalized spacial score (nSPS) is 47.0. The molecule has 6 atom stereocenters. The van der Waals surface area contributed by atoms with Crippen molar-refractivity contribution in [1.82, 2.24) is 0 Å². The summed E-state index contributed by atoms with van der Waals surface area (Å²) in [5, 5.41) is 12.6. The SMILES string of the molecule is C#CC1C[C@H]2C(=CC1=NO)CC[C@H]1[C@@H]3CCC[C@H]3CC[C@@H]12. The van der Waals surface area contributed by atoms with Crippen LogP contribution in [-0.4, -0.2) is 10.9 Å². The van der Waals surface area contributed by atoms with E-state index in [2.05, 4.69) is 17.2 Å². The number of hydrogen-bond donors (Lipinski definition) is 1. The quantitative estimate of drug-likeness (QED) is 0.402. The molecule has 3 fully saturated rings. The molecule has 4 aliphatic carbocycles. The van der Waals surface area contributed by atoms with Crippen LogP contribution >= 0.6 is 0 Å².